The third kappa shape index (κ3) is 5.11. The van der Waals surface area contributed by atoms with Gasteiger partial charge in [0.25, 0.3) is 0 Å². The Morgan fingerprint density at radius 2 is 1.65 bits per heavy atom. The number of aromatic nitrogens is 8. The molecule has 0 saturated heterocycles. The summed E-state index contributed by atoms with van der Waals surface area (Å²) in [5.41, 5.74) is 1.25. The van der Waals surface area contributed by atoms with Crippen molar-refractivity contribution in [2.45, 2.75) is 25.0 Å². The average Bonchev–Trinajstić information content (AvgIpc) is 3.34. The molecular formula is C22H25N9O5S. The molecule has 194 valence electrons. The second-order valence-corrected chi connectivity index (χ2v) is 9.83. The largest absolute Gasteiger partial charge is 0.480 e. The van der Waals surface area contributed by atoms with Crippen LogP contribution in [0.3, 0.4) is 0 Å². The lowest BCUT2D eigenvalue weighted by Gasteiger charge is -2.21. The van der Waals surface area contributed by atoms with Gasteiger partial charge in [0, 0.05) is 23.9 Å². The Kier molecular flexibility index (Phi) is 7.42. The molecule has 2 unspecified atom stereocenters. The second kappa shape index (κ2) is 10.7. The van der Waals surface area contributed by atoms with Gasteiger partial charge in [0.2, 0.25) is 33.6 Å². The second-order valence-electron chi connectivity index (χ2n) is 7.79. The summed E-state index contributed by atoms with van der Waals surface area (Å²) < 4.78 is 46.9. The maximum atomic E-state index is 13.5. The van der Waals surface area contributed by atoms with Crippen molar-refractivity contribution in [3.8, 4) is 34.7 Å². The molecule has 0 aliphatic rings. The molecular weight excluding hydrogens is 502 g/mol. The predicted molar refractivity (Wildman–Crippen MR) is 132 cm³/mol. The monoisotopic (exact) mass is 527 g/mol. The number of methoxy groups -OCH3 is 3. The summed E-state index contributed by atoms with van der Waals surface area (Å²) in [5.74, 6) is 0.186. The van der Waals surface area contributed by atoms with E-state index in [1.54, 1.807) is 38.4 Å². The van der Waals surface area contributed by atoms with E-state index in [0.29, 0.717) is 17.1 Å². The Morgan fingerprint density at radius 1 is 0.919 bits per heavy atom. The van der Waals surface area contributed by atoms with Gasteiger partial charge in [0.15, 0.2) is 11.5 Å². The molecule has 4 rings (SSSR count). The van der Waals surface area contributed by atoms with Gasteiger partial charge < -0.3 is 14.2 Å². The van der Waals surface area contributed by atoms with Crippen LogP contribution in [0.4, 0.5) is 5.95 Å². The third-order valence-corrected chi connectivity index (χ3v) is 7.55. The van der Waals surface area contributed by atoms with Gasteiger partial charge in [-0.05, 0) is 19.1 Å². The molecule has 14 nitrogen and oxygen atoms in total. The highest BCUT2D eigenvalue weighted by molar-refractivity contribution is 7.93. The molecule has 1 N–H and O–H groups in total. The Labute approximate surface area is 213 Å². The molecule has 4 aromatic rings. The zero-order valence-electron chi connectivity index (χ0n) is 20.7. The number of hydrogen-bond acceptors (Lipinski definition) is 12. The van der Waals surface area contributed by atoms with Gasteiger partial charge in [-0.25, -0.2) is 13.4 Å². The third-order valence-electron chi connectivity index (χ3n) is 5.70. The van der Waals surface area contributed by atoms with Crippen molar-refractivity contribution < 1.29 is 22.6 Å². The van der Waals surface area contributed by atoms with Crippen LogP contribution in [0.25, 0.3) is 17.1 Å². The van der Waals surface area contributed by atoms with Crippen LogP contribution in [0, 0.1) is 0 Å². The first-order valence-corrected chi connectivity index (χ1v) is 12.5. The van der Waals surface area contributed by atoms with Crippen LogP contribution >= 0.6 is 0 Å². The smallest absolute Gasteiger partial charge is 0.245 e. The molecule has 0 aliphatic carbocycles. The molecule has 37 heavy (non-hydrogen) atoms. The number of hydrogen-bond donors (Lipinski definition) is 1. The molecule has 0 spiro atoms. The lowest BCUT2D eigenvalue weighted by Crippen LogP contribution is -2.31. The summed E-state index contributed by atoms with van der Waals surface area (Å²) in [6, 6.07) is 3.47. The summed E-state index contributed by atoms with van der Waals surface area (Å²) in [5, 5.41) is 7.42. The average molecular weight is 528 g/mol. The first-order chi connectivity index (χ1) is 17.8. The fraction of sp³-hybridized carbons (Fsp3) is 0.318. The molecule has 0 saturated carbocycles. The number of rotatable bonds is 10. The van der Waals surface area contributed by atoms with E-state index in [1.165, 1.54) is 44.6 Å². The van der Waals surface area contributed by atoms with Crippen LogP contribution in [0.1, 0.15) is 25.5 Å². The van der Waals surface area contributed by atoms with Crippen molar-refractivity contribution in [3.63, 3.8) is 0 Å². The molecule has 4 heterocycles. The Bertz CT molecular complexity index is 1440. The fourth-order valence-electron chi connectivity index (χ4n) is 3.48. The standard InChI is InChI=1S/C22H25N9O5S/c1-13(16-10-25-17(34-3)11-24-16)14(2)37(32,33)30-22-29-28-19(15-7-6-8-23-9-15)31(22)18-20(35-4)26-12-27-21(18)36-5/h6-14H,1-5H3,(H,29,30). The Hall–Kier alpha value is -4.40. The van der Waals surface area contributed by atoms with E-state index in [-0.39, 0.29) is 29.2 Å². The van der Waals surface area contributed by atoms with Gasteiger partial charge in [-0.3, -0.25) is 19.3 Å². The normalized spacial score (nSPS) is 13.0. The maximum Gasteiger partial charge on any atom is 0.245 e. The van der Waals surface area contributed by atoms with Crippen LogP contribution in [-0.2, 0) is 10.0 Å². The quantitative estimate of drug-likeness (QED) is 0.318. The van der Waals surface area contributed by atoms with Crippen molar-refractivity contribution in [2.75, 3.05) is 26.1 Å². The van der Waals surface area contributed by atoms with E-state index < -0.39 is 21.2 Å². The van der Waals surface area contributed by atoms with E-state index in [0.717, 1.165) is 0 Å². The highest BCUT2D eigenvalue weighted by atomic mass is 32.2. The molecule has 0 radical (unpaired) electrons. The number of anilines is 1. The SMILES string of the molecule is COc1cnc(C(C)C(C)S(=O)(=O)Nc2nnc(-c3cccnc3)n2-c2c(OC)ncnc2OC)cn1. The highest BCUT2D eigenvalue weighted by Crippen LogP contribution is 2.35. The zero-order valence-corrected chi connectivity index (χ0v) is 21.5. The number of sulfonamides is 1. The van der Waals surface area contributed by atoms with E-state index in [4.69, 9.17) is 14.2 Å². The Balaban J connectivity index is 1.79. The molecule has 2 atom stereocenters. The van der Waals surface area contributed by atoms with Gasteiger partial charge in [0.05, 0.1) is 44.7 Å². The topological polar surface area (TPSA) is 169 Å². The summed E-state index contributed by atoms with van der Waals surface area (Å²) in [6.45, 7) is 3.30. The Morgan fingerprint density at radius 3 is 2.22 bits per heavy atom. The lowest BCUT2D eigenvalue weighted by molar-refractivity contribution is 0.368. The summed E-state index contributed by atoms with van der Waals surface area (Å²) in [7, 11) is 0.288. The van der Waals surface area contributed by atoms with E-state index in [1.807, 2.05) is 0 Å². The highest BCUT2D eigenvalue weighted by Gasteiger charge is 2.32. The molecule has 0 fully saturated rings. The lowest BCUT2D eigenvalue weighted by atomic mass is 10.1. The van der Waals surface area contributed by atoms with Gasteiger partial charge in [0.1, 0.15) is 6.33 Å². The first kappa shape index (κ1) is 25.7. The van der Waals surface area contributed by atoms with Crippen molar-refractivity contribution in [2.24, 2.45) is 0 Å². The number of pyridine rings is 1. The molecule has 0 amide bonds. The number of ether oxygens (including phenoxy) is 3. The van der Waals surface area contributed by atoms with E-state index >= 15 is 0 Å². The van der Waals surface area contributed by atoms with Crippen LogP contribution in [0.2, 0.25) is 0 Å². The molecule has 4 aromatic heterocycles. The van der Waals surface area contributed by atoms with Crippen LogP contribution in [0.5, 0.6) is 17.6 Å². The van der Waals surface area contributed by atoms with Crippen molar-refractivity contribution >= 4 is 16.0 Å². The summed E-state index contributed by atoms with van der Waals surface area (Å²) in [4.78, 5) is 20.8. The van der Waals surface area contributed by atoms with Gasteiger partial charge in [-0.1, -0.05) is 6.92 Å². The van der Waals surface area contributed by atoms with E-state index in [2.05, 4.69) is 39.8 Å². The van der Waals surface area contributed by atoms with Gasteiger partial charge in [-0.15, -0.1) is 10.2 Å². The number of nitrogens with zero attached hydrogens (tertiary/aromatic N) is 8. The van der Waals surface area contributed by atoms with Gasteiger partial charge in [-0.2, -0.15) is 9.97 Å². The minimum Gasteiger partial charge on any atom is -0.480 e. The van der Waals surface area contributed by atoms with Crippen molar-refractivity contribution in [3.05, 3.63) is 48.9 Å². The molecule has 0 aromatic carbocycles. The summed E-state index contributed by atoms with van der Waals surface area (Å²) >= 11 is 0. The minimum atomic E-state index is -4.03. The fourth-order valence-corrected chi connectivity index (χ4v) is 4.73. The summed E-state index contributed by atoms with van der Waals surface area (Å²) in [6.07, 6.45) is 7.35. The number of nitrogens with one attached hydrogen (secondary N) is 1. The molecule has 0 aliphatic heterocycles. The maximum absolute atomic E-state index is 13.5. The molecule has 15 heteroatoms. The van der Waals surface area contributed by atoms with Crippen LogP contribution in [0.15, 0.2) is 43.2 Å². The minimum absolute atomic E-state index is 0.118. The zero-order chi connectivity index (χ0) is 26.6. The van der Waals surface area contributed by atoms with E-state index in [9.17, 15) is 8.42 Å². The van der Waals surface area contributed by atoms with Crippen molar-refractivity contribution in [1.82, 2.24) is 39.7 Å². The van der Waals surface area contributed by atoms with Gasteiger partial charge >= 0.3 is 0 Å². The molecule has 0 bridgehead atoms. The van der Waals surface area contributed by atoms with Crippen LogP contribution in [-0.4, -0.2) is 74.7 Å². The van der Waals surface area contributed by atoms with Crippen LogP contribution < -0.4 is 18.9 Å². The predicted octanol–water partition coefficient (Wildman–Crippen LogP) is 1.87. The van der Waals surface area contributed by atoms with Crippen molar-refractivity contribution in [1.29, 1.82) is 0 Å². The first-order valence-electron chi connectivity index (χ1n) is 11.0.